The number of nitrogens with zero attached hydrogens (tertiary/aromatic N) is 5. The number of allylic oxidation sites excluding steroid dienone is 1. The maximum absolute atomic E-state index is 13.7. The number of tetrazole rings is 1. The molecule has 0 bridgehead atoms. The lowest BCUT2D eigenvalue weighted by Gasteiger charge is -2.33. The molecular weight excluding hydrogens is 309 g/mol. The molecule has 0 amide bonds. The van der Waals surface area contributed by atoms with Crippen molar-refractivity contribution in [2.45, 2.75) is 19.8 Å². The molecule has 0 spiro atoms. The standard InChI is InChI=1S/C16H18FN7/c1-11-4-6-24(7-5-11)15-3-2-13(17)8-14(15)19-10-12(9-18)16-20-22-23-21-16/h2-3,8,10-11,19H,4-7H2,1H3,(H,20,21,22,23). The highest BCUT2D eigenvalue weighted by Crippen LogP contribution is 2.31. The first-order chi connectivity index (χ1) is 11.7. The van der Waals surface area contributed by atoms with Gasteiger partial charge in [0.15, 0.2) is 0 Å². The van der Waals surface area contributed by atoms with Crippen LogP contribution in [0, 0.1) is 23.1 Å². The monoisotopic (exact) mass is 327 g/mol. The van der Waals surface area contributed by atoms with Crippen LogP contribution in [0.25, 0.3) is 5.57 Å². The summed E-state index contributed by atoms with van der Waals surface area (Å²) in [6, 6.07) is 6.64. The van der Waals surface area contributed by atoms with E-state index in [9.17, 15) is 9.65 Å². The molecule has 1 aliphatic rings. The zero-order valence-corrected chi connectivity index (χ0v) is 13.3. The molecule has 7 nitrogen and oxygen atoms in total. The normalized spacial score (nSPS) is 16.0. The van der Waals surface area contributed by atoms with Gasteiger partial charge in [0, 0.05) is 19.3 Å². The van der Waals surface area contributed by atoms with Gasteiger partial charge in [-0.3, -0.25) is 0 Å². The van der Waals surface area contributed by atoms with Crippen LogP contribution in [0.5, 0.6) is 0 Å². The number of H-pyrrole nitrogens is 1. The lowest BCUT2D eigenvalue weighted by molar-refractivity contribution is 0.438. The molecule has 0 aliphatic carbocycles. The average Bonchev–Trinajstić information content (AvgIpc) is 3.11. The van der Waals surface area contributed by atoms with Crippen molar-refractivity contribution in [2.24, 2.45) is 5.92 Å². The Bertz CT molecular complexity index is 755. The molecule has 2 heterocycles. The molecule has 0 atom stereocenters. The van der Waals surface area contributed by atoms with E-state index in [0.717, 1.165) is 31.6 Å². The minimum Gasteiger partial charge on any atom is -0.370 e. The van der Waals surface area contributed by atoms with Crippen LogP contribution < -0.4 is 10.2 Å². The number of rotatable bonds is 4. The zero-order valence-electron chi connectivity index (χ0n) is 13.3. The first-order valence-electron chi connectivity index (χ1n) is 7.82. The molecule has 0 saturated carbocycles. The Morgan fingerprint density at radius 3 is 2.92 bits per heavy atom. The SMILES string of the molecule is CC1CCN(c2ccc(F)cc2NC=C(C#N)c2nn[nH]n2)CC1. The van der Waals surface area contributed by atoms with Crippen molar-refractivity contribution in [1.29, 1.82) is 5.26 Å². The maximum atomic E-state index is 13.7. The first-order valence-corrected chi connectivity index (χ1v) is 7.82. The minimum atomic E-state index is -0.335. The molecule has 1 saturated heterocycles. The Kier molecular flexibility index (Phi) is 4.70. The molecule has 8 heteroatoms. The van der Waals surface area contributed by atoms with Gasteiger partial charge >= 0.3 is 0 Å². The van der Waals surface area contributed by atoms with Crippen molar-refractivity contribution in [3.63, 3.8) is 0 Å². The summed E-state index contributed by atoms with van der Waals surface area (Å²) in [5, 5.41) is 25.5. The van der Waals surface area contributed by atoms with E-state index in [0.29, 0.717) is 11.6 Å². The number of anilines is 2. The summed E-state index contributed by atoms with van der Waals surface area (Å²) < 4.78 is 13.7. The molecule has 0 unspecified atom stereocenters. The lowest BCUT2D eigenvalue weighted by atomic mass is 9.98. The van der Waals surface area contributed by atoms with E-state index in [2.05, 4.69) is 37.8 Å². The van der Waals surface area contributed by atoms with Gasteiger partial charge in [-0.1, -0.05) is 6.92 Å². The van der Waals surface area contributed by atoms with Gasteiger partial charge in [-0.15, -0.1) is 10.2 Å². The fraction of sp³-hybridized carbons (Fsp3) is 0.375. The Labute approximate surface area is 139 Å². The Balaban J connectivity index is 1.85. The van der Waals surface area contributed by atoms with Crippen molar-refractivity contribution in [3.8, 4) is 6.07 Å². The Hall–Kier alpha value is -2.95. The first kappa shape index (κ1) is 15.9. The topological polar surface area (TPSA) is 93.5 Å². The highest BCUT2D eigenvalue weighted by molar-refractivity contribution is 5.77. The summed E-state index contributed by atoms with van der Waals surface area (Å²) in [4.78, 5) is 2.23. The van der Waals surface area contributed by atoms with Gasteiger partial charge in [0.2, 0.25) is 5.82 Å². The van der Waals surface area contributed by atoms with Crippen LogP contribution in [0.15, 0.2) is 24.4 Å². The number of benzene rings is 1. The maximum Gasteiger partial charge on any atom is 0.216 e. The van der Waals surface area contributed by atoms with Crippen LogP contribution in [-0.4, -0.2) is 33.7 Å². The molecule has 1 aromatic heterocycles. The highest BCUT2D eigenvalue weighted by Gasteiger charge is 2.18. The summed E-state index contributed by atoms with van der Waals surface area (Å²) in [6.07, 6.45) is 3.69. The van der Waals surface area contributed by atoms with Gasteiger partial charge in [0.25, 0.3) is 0 Å². The van der Waals surface area contributed by atoms with Gasteiger partial charge in [-0.2, -0.15) is 10.5 Å². The minimum absolute atomic E-state index is 0.190. The highest BCUT2D eigenvalue weighted by atomic mass is 19.1. The molecule has 1 aliphatic heterocycles. The van der Waals surface area contributed by atoms with Crippen LogP contribution in [0.4, 0.5) is 15.8 Å². The number of aromatic amines is 1. The summed E-state index contributed by atoms with van der Waals surface area (Å²) in [6.45, 7) is 4.11. The average molecular weight is 327 g/mol. The third-order valence-corrected chi connectivity index (χ3v) is 4.16. The number of piperidine rings is 1. The van der Waals surface area contributed by atoms with Gasteiger partial charge in [-0.25, -0.2) is 4.39 Å². The van der Waals surface area contributed by atoms with E-state index in [1.807, 2.05) is 6.07 Å². The summed E-state index contributed by atoms with van der Waals surface area (Å²) in [5.41, 5.74) is 1.75. The molecule has 0 radical (unpaired) electrons. The van der Waals surface area contributed by atoms with E-state index in [1.165, 1.54) is 18.3 Å². The molecule has 1 fully saturated rings. The molecule has 2 aromatic rings. The summed E-state index contributed by atoms with van der Waals surface area (Å²) in [7, 11) is 0. The van der Waals surface area contributed by atoms with Crippen LogP contribution in [-0.2, 0) is 0 Å². The molecular formula is C16H18FN7. The fourth-order valence-corrected chi connectivity index (χ4v) is 2.72. The largest absolute Gasteiger partial charge is 0.370 e. The van der Waals surface area contributed by atoms with Crippen molar-refractivity contribution < 1.29 is 4.39 Å². The van der Waals surface area contributed by atoms with Gasteiger partial charge in [-0.05, 0) is 42.2 Å². The van der Waals surface area contributed by atoms with E-state index in [4.69, 9.17) is 0 Å². The number of nitrogens with one attached hydrogen (secondary N) is 2. The molecule has 24 heavy (non-hydrogen) atoms. The third-order valence-electron chi connectivity index (χ3n) is 4.16. The van der Waals surface area contributed by atoms with Crippen LogP contribution in [0.1, 0.15) is 25.6 Å². The molecule has 1 aromatic carbocycles. The molecule has 124 valence electrons. The zero-order chi connectivity index (χ0) is 16.9. The van der Waals surface area contributed by atoms with Crippen molar-refractivity contribution >= 4 is 16.9 Å². The quantitative estimate of drug-likeness (QED) is 0.838. The molecule has 2 N–H and O–H groups in total. The van der Waals surface area contributed by atoms with Crippen molar-refractivity contribution in [1.82, 2.24) is 20.6 Å². The van der Waals surface area contributed by atoms with Crippen molar-refractivity contribution in [2.75, 3.05) is 23.3 Å². The Morgan fingerprint density at radius 2 is 2.25 bits per heavy atom. The number of nitriles is 1. The van der Waals surface area contributed by atoms with Crippen molar-refractivity contribution in [3.05, 3.63) is 36.0 Å². The van der Waals surface area contributed by atoms with E-state index >= 15 is 0 Å². The number of aromatic nitrogens is 4. The number of hydrogen-bond donors (Lipinski definition) is 2. The van der Waals surface area contributed by atoms with E-state index in [-0.39, 0.29) is 17.2 Å². The second-order valence-electron chi connectivity index (χ2n) is 5.88. The van der Waals surface area contributed by atoms with Crippen LogP contribution >= 0.6 is 0 Å². The summed E-state index contributed by atoms with van der Waals surface area (Å²) in [5.74, 6) is 0.564. The molecule has 3 rings (SSSR count). The number of hydrogen-bond acceptors (Lipinski definition) is 6. The third kappa shape index (κ3) is 3.51. The number of halogens is 1. The van der Waals surface area contributed by atoms with E-state index < -0.39 is 0 Å². The summed E-state index contributed by atoms with van der Waals surface area (Å²) >= 11 is 0. The van der Waals surface area contributed by atoms with E-state index in [1.54, 1.807) is 6.07 Å². The van der Waals surface area contributed by atoms with Crippen LogP contribution in [0.2, 0.25) is 0 Å². The van der Waals surface area contributed by atoms with Gasteiger partial charge < -0.3 is 10.2 Å². The van der Waals surface area contributed by atoms with Crippen LogP contribution in [0.3, 0.4) is 0 Å². The van der Waals surface area contributed by atoms with Gasteiger partial charge in [0.05, 0.1) is 11.4 Å². The predicted octanol–water partition coefficient (Wildman–Crippen LogP) is 2.55. The second kappa shape index (κ2) is 7.08. The fourth-order valence-electron chi connectivity index (χ4n) is 2.72. The Morgan fingerprint density at radius 1 is 1.46 bits per heavy atom. The predicted molar refractivity (Wildman–Crippen MR) is 88.4 cm³/mol. The lowest BCUT2D eigenvalue weighted by Crippen LogP contribution is -2.33. The second-order valence-corrected chi connectivity index (χ2v) is 5.88. The smallest absolute Gasteiger partial charge is 0.216 e. The van der Waals surface area contributed by atoms with Gasteiger partial charge in [0.1, 0.15) is 17.5 Å².